The monoisotopic (exact) mass is 286 g/mol. The summed E-state index contributed by atoms with van der Waals surface area (Å²) in [6, 6.07) is 12.7. The third-order valence-corrected chi connectivity index (χ3v) is 3.28. The van der Waals surface area contributed by atoms with Crippen LogP contribution in [0.15, 0.2) is 42.5 Å². The molecule has 110 valence electrons. The van der Waals surface area contributed by atoms with Crippen LogP contribution in [-0.4, -0.2) is 4.92 Å². The molecule has 5 nitrogen and oxygen atoms in total. The molecular weight excluding hydrogens is 268 g/mol. The van der Waals surface area contributed by atoms with Gasteiger partial charge in [-0.1, -0.05) is 37.3 Å². The summed E-state index contributed by atoms with van der Waals surface area (Å²) in [5.74, 6) is 0.252. The molecule has 0 atom stereocenters. The molecule has 0 saturated carbocycles. The van der Waals surface area contributed by atoms with Crippen molar-refractivity contribution in [3.05, 3.63) is 69.3 Å². The van der Waals surface area contributed by atoms with E-state index in [2.05, 4.69) is 6.92 Å². The molecule has 0 bridgehead atoms. The number of nitro benzene ring substituents is 1. The molecule has 0 aliphatic rings. The van der Waals surface area contributed by atoms with E-state index in [1.807, 2.05) is 24.3 Å². The van der Waals surface area contributed by atoms with Gasteiger partial charge in [-0.05, 0) is 29.2 Å². The third-order valence-electron chi connectivity index (χ3n) is 3.28. The minimum absolute atomic E-state index is 0.0441. The van der Waals surface area contributed by atoms with Crippen molar-refractivity contribution in [2.75, 3.05) is 0 Å². The lowest BCUT2D eigenvalue weighted by molar-refractivity contribution is -0.386. The van der Waals surface area contributed by atoms with Gasteiger partial charge in [0.15, 0.2) is 5.75 Å². The molecule has 2 aromatic rings. The van der Waals surface area contributed by atoms with Crippen LogP contribution >= 0.6 is 0 Å². The lowest BCUT2D eigenvalue weighted by Gasteiger charge is -2.09. The zero-order chi connectivity index (χ0) is 15.2. The maximum absolute atomic E-state index is 11.0. The molecule has 0 radical (unpaired) electrons. The van der Waals surface area contributed by atoms with Crippen molar-refractivity contribution in [3.63, 3.8) is 0 Å². The van der Waals surface area contributed by atoms with E-state index >= 15 is 0 Å². The van der Waals surface area contributed by atoms with E-state index in [0.717, 1.165) is 17.5 Å². The van der Waals surface area contributed by atoms with Crippen LogP contribution in [0.3, 0.4) is 0 Å². The van der Waals surface area contributed by atoms with Gasteiger partial charge >= 0.3 is 5.69 Å². The second-order valence-electron chi connectivity index (χ2n) is 4.72. The molecule has 2 rings (SSSR count). The van der Waals surface area contributed by atoms with Crippen molar-refractivity contribution in [1.29, 1.82) is 0 Å². The first-order valence-electron chi connectivity index (χ1n) is 6.82. The number of ether oxygens (including phenoxy) is 1. The van der Waals surface area contributed by atoms with Gasteiger partial charge in [-0.3, -0.25) is 10.1 Å². The van der Waals surface area contributed by atoms with Crippen LogP contribution in [0.2, 0.25) is 0 Å². The Kier molecular flexibility index (Phi) is 4.90. The average molecular weight is 286 g/mol. The number of benzene rings is 2. The van der Waals surface area contributed by atoms with Gasteiger partial charge in [-0.15, -0.1) is 0 Å². The highest BCUT2D eigenvalue weighted by Crippen LogP contribution is 2.28. The number of aryl methyl sites for hydroxylation is 1. The standard InChI is InChI=1S/C16H18N2O3/c1-2-12-3-5-13(6-4-12)11-21-16-9-14(10-17)7-8-15(16)18(19)20/h3-9H,2,10-11,17H2,1H3. The predicted octanol–water partition coefficient (Wildman–Crippen LogP) is 3.19. The molecule has 5 heteroatoms. The summed E-state index contributed by atoms with van der Waals surface area (Å²) in [6.07, 6.45) is 0.977. The molecule has 0 saturated heterocycles. The molecular formula is C16H18N2O3. The Labute approximate surface area is 123 Å². The van der Waals surface area contributed by atoms with Gasteiger partial charge in [0.1, 0.15) is 6.61 Å². The highest BCUT2D eigenvalue weighted by Gasteiger charge is 2.15. The summed E-state index contributed by atoms with van der Waals surface area (Å²) < 4.78 is 5.60. The minimum atomic E-state index is -0.449. The molecule has 0 aromatic heterocycles. The molecule has 2 N–H and O–H groups in total. The molecule has 0 heterocycles. The fourth-order valence-electron chi connectivity index (χ4n) is 1.98. The molecule has 0 fully saturated rings. The van der Waals surface area contributed by atoms with Crippen molar-refractivity contribution in [2.24, 2.45) is 5.73 Å². The summed E-state index contributed by atoms with van der Waals surface area (Å²) in [5, 5.41) is 11.0. The van der Waals surface area contributed by atoms with E-state index in [0.29, 0.717) is 13.2 Å². The fraction of sp³-hybridized carbons (Fsp3) is 0.250. The first-order chi connectivity index (χ1) is 10.1. The fourth-order valence-corrected chi connectivity index (χ4v) is 1.98. The Hall–Kier alpha value is -2.40. The number of hydrogen-bond acceptors (Lipinski definition) is 4. The molecule has 0 unspecified atom stereocenters. The van der Waals surface area contributed by atoms with Crippen LogP contribution in [0.1, 0.15) is 23.6 Å². The van der Waals surface area contributed by atoms with E-state index in [9.17, 15) is 10.1 Å². The normalized spacial score (nSPS) is 10.4. The Balaban J connectivity index is 2.15. The summed E-state index contributed by atoms with van der Waals surface area (Å²) in [5.41, 5.74) is 8.53. The topological polar surface area (TPSA) is 78.4 Å². The molecule has 0 spiro atoms. The van der Waals surface area contributed by atoms with Crippen LogP contribution in [0.25, 0.3) is 0 Å². The molecule has 2 aromatic carbocycles. The SMILES string of the molecule is CCc1ccc(COc2cc(CN)ccc2[N+](=O)[O-])cc1. The first-order valence-corrected chi connectivity index (χ1v) is 6.82. The summed E-state index contributed by atoms with van der Waals surface area (Å²) in [4.78, 5) is 10.6. The predicted molar refractivity (Wildman–Crippen MR) is 81.1 cm³/mol. The van der Waals surface area contributed by atoms with E-state index in [1.165, 1.54) is 11.6 Å². The van der Waals surface area contributed by atoms with Crippen molar-refractivity contribution in [1.82, 2.24) is 0 Å². The van der Waals surface area contributed by atoms with E-state index in [4.69, 9.17) is 10.5 Å². The molecule has 0 aliphatic carbocycles. The molecule has 0 aliphatic heterocycles. The van der Waals surface area contributed by atoms with E-state index in [1.54, 1.807) is 12.1 Å². The van der Waals surface area contributed by atoms with Crippen LogP contribution in [-0.2, 0) is 19.6 Å². The van der Waals surface area contributed by atoms with Gasteiger partial charge in [0.05, 0.1) is 4.92 Å². The van der Waals surface area contributed by atoms with Gasteiger partial charge in [0.25, 0.3) is 0 Å². The average Bonchev–Trinajstić information content (AvgIpc) is 2.52. The quantitative estimate of drug-likeness (QED) is 0.653. The maximum Gasteiger partial charge on any atom is 0.310 e. The van der Waals surface area contributed by atoms with Crippen LogP contribution in [0.4, 0.5) is 5.69 Å². The zero-order valence-corrected chi connectivity index (χ0v) is 11.9. The highest BCUT2D eigenvalue weighted by atomic mass is 16.6. The number of hydrogen-bond donors (Lipinski definition) is 1. The van der Waals surface area contributed by atoms with Crippen molar-refractivity contribution in [3.8, 4) is 5.75 Å². The van der Waals surface area contributed by atoms with Gasteiger partial charge in [0.2, 0.25) is 0 Å². The van der Waals surface area contributed by atoms with Gasteiger partial charge in [-0.25, -0.2) is 0 Å². The first kappa shape index (κ1) is 15.0. The van der Waals surface area contributed by atoms with Crippen molar-refractivity contribution >= 4 is 5.69 Å². The Morgan fingerprint density at radius 2 is 1.71 bits per heavy atom. The number of nitrogens with zero attached hydrogens (tertiary/aromatic N) is 1. The number of nitrogens with two attached hydrogens (primary N) is 1. The van der Waals surface area contributed by atoms with E-state index < -0.39 is 4.92 Å². The lowest BCUT2D eigenvalue weighted by atomic mass is 10.1. The largest absolute Gasteiger partial charge is 0.482 e. The second kappa shape index (κ2) is 6.85. The Morgan fingerprint density at radius 3 is 2.29 bits per heavy atom. The van der Waals surface area contributed by atoms with Crippen LogP contribution < -0.4 is 10.5 Å². The summed E-state index contributed by atoms with van der Waals surface area (Å²) >= 11 is 0. The minimum Gasteiger partial charge on any atom is -0.482 e. The van der Waals surface area contributed by atoms with Gasteiger partial charge < -0.3 is 10.5 Å². The highest BCUT2D eigenvalue weighted by molar-refractivity contribution is 5.48. The summed E-state index contributed by atoms with van der Waals surface area (Å²) in [7, 11) is 0. The Morgan fingerprint density at radius 1 is 1.10 bits per heavy atom. The smallest absolute Gasteiger partial charge is 0.310 e. The van der Waals surface area contributed by atoms with Crippen LogP contribution in [0.5, 0.6) is 5.75 Å². The molecule has 0 amide bonds. The van der Waals surface area contributed by atoms with Crippen molar-refractivity contribution < 1.29 is 9.66 Å². The molecule has 21 heavy (non-hydrogen) atoms. The van der Waals surface area contributed by atoms with Crippen molar-refractivity contribution in [2.45, 2.75) is 26.5 Å². The maximum atomic E-state index is 11.0. The van der Waals surface area contributed by atoms with Gasteiger partial charge in [-0.2, -0.15) is 0 Å². The lowest BCUT2D eigenvalue weighted by Crippen LogP contribution is -2.02. The number of nitro groups is 1. The van der Waals surface area contributed by atoms with Gasteiger partial charge in [0, 0.05) is 12.6 Å². The summed E-state index contributed by atoms with van der Waals surface area (Å²) in [6.45, 7) is 2.70. The van der Waals surface area contributed by atoms with Crippen LogP contribution in [0, 0.1) is 10.1 Å². The zero-order valence-electron chi connectivity index (χ0n) is 11.9. The Bertz CT molecular complexity index is 624. The third kappa shape index (κ3) is 3.79. The van der Waals surface area contributed by atoms with E-state index in [-0.39, 0.29) is 11.4 Å². The number of rotatable bonds is 6. The second-order valence-corrected chi connectivity index (χ2v) is 4.72.